The van der Waals surface area contributed by atoms with Gasteiger partial charge in [0.15, 0.2) is 0 Å². The van der Waals surface area contributed by atoms with Crippen LogP contribution in [0.15, 0.2) is 41.9 Å². The Morgan fingerprint density at radius 2 is 2.40 bits per heavy atom. The summed E-state index contributed by atoms with van der Waals surface area (Å²) in [6, 6.07) is 0. The zero-order chi connectivity index (χ0) is 7.82. The number of ether oxygens (including phenoxy) is 1. The smallest absolute Gasteiger partial charge is 0.120 e. The predicted molar refractivity (Wildman–Crippen MR) is 40.2 cm³/mol. The van der Waals surface area contributed by atoms with Gasteiger partial charge in [-0.15, -0.1) is 4.91 Å². The van der Waals surface area contributed by atoms with Crippen LogP contribution in [0.2, 0.25) is 0 Å². The zero-order valence-electron chi connectivity index (χ0n) is 5.78. The van der Waals surface area contributed by atoms with Gasteiger partial charge in [-0.2, -0.15) is 0 Å². The number of rotatable bonds is 4. The first-order chi connectivity index (χ1) is 4.85. The molecule has 0 saturated carbocycles. The SMILES string of the molecule is C=C/C=C(\C=C/N=O)OC. The monoisotopic (exact) mass is 139 g/mol. The first-order valence-corrected chi connectivity index (χ1v) is 2.71. The Kier molecular flexibility index (Phi) is 4.96. The Morgan fingerprint density at radius 1 is 1.70 bits per heavy atom. The van der Waals surface area contributed by atoms with Crippen molar-refractivity contribution in [2.45, 2.75) is 0 Å². The quantitative estimate of drug-likeness (QED) is 0.339. The average molecular weight is 139 g/mol. The largest absolute Gasteiger partial charge is 0.497 e. The topological polar surface area (TPSA) is 38.7 Å². The van der Waals surface area contributed by atoms with Crippen molar-refractivity contribution in [1.82, 2.24) is 0 Å². The summed E-state index contributed by atoms with van der Waals surface area (Å²) in [6.45, 7) is 3.46. The minimum atomic E-state index is 0.551. The van der Waals surface area contributed by atoms with Gasteiger partial charge < -0.3 is 4.74 Å². The van der Waals surface area contributed by atoms with Crippen LogP contribution >= 0.6 is 0 Å². The Bertz CT molecular complexity index is 170. The van der Waals surface area contributed by atoms with E-state index in [1.54, 1.807) is 12.2 Å². The molecule has 0 amide bonds. The molecule has 0 aromatic carbocycles. The van der Waals surface area contributed by atoms with Gasteiger partial charge in [-0.05, 0) is 11.3 Å². The molecule has 54 valence electrons. The molecule has 0 saturated heterocycles. The number of nitroso groups, excluding NO2 is 1. The van der Waals surface area contributed by atoms with Crippen molar-refractivity contribution < 1.29 is 4.74 Å². The summed E-state index contributed by atoms with van der Waals surface area (Å²) in [7, 11) is 1.50. The van der Waals surface area contributed by atoms with E-state index in [9.17, 15) is 4.91 Å². The first-order valence-electron chi connectivity index (χ1n) is 2.71. The normalized spacial score (nSPS) is 11.5. The highest BCUT2D eigenvalue weighted by molar-refractivity contribution is 5.16. The van der Waals surface area contributed by atoms with Crippen molar-refractivity contribution in [2.24, 2.45) is 5.18 Å². The second-order valence-corrected chi connectivity index (χ2v) is 1.43. The average Bonchev–Trinajstić information content (AvgIpc) is 1.98. The van der Waals surface area contributed by atoms with Crippen LogP contribution in [-0.2, 0) is 4.74 Å². The minimum Gasteiger partial charge on any atom is -0.497 e. The molecule has 3 heteroatoms. The van der Waals surface area contributed by atoms with Gasteiger partial charge in [0.05, 0.1) is 13.3 Å². The molecule has 0 atom stereocenters. The summed E-state index contributed by atoms with van der Waals surface area (Å²) in [4.78, 5) is 9.58. The lowest BCUT2D eigenvalue weighted by atomic mass is 10.4. The molecule has 0 fully saturated rings. The van der Waals surface area contributed by atoms with Crippen LogP contribution in [0.4, 0.5) is 0 Å². The third-order valence-corrected chi connectivity index (χ3v) is 0.817. The number of hydrogen-bond acceptors (Lipinski definition) is 3. The van der Waals surface area contributed by atoms with Crippen molar-refractivity contribution in [3.8, 4) is 0 Å². The lowest BCUT2D eigenvalue weighted by Crippen LogP contribution is -1.78. The molecule has 0 bridgehead atoms. The molecule has 0 rings (SSSR count). The predicted octanol–water partition coefficient (Wildman–Crippen LogP) is 1.98. The molecule has 0 aromatic heterocycles. The molecule has 10 heavy (non-hydrogen) atoms. The summed E-state index contributed by atoms with van der Waals surface area (Å²) in [6.07, 6.45) is 5.75. The molecule has 0 aliphatic rings. The maximum Gasteiger partial charge on any atom is 0.120 e. The highest BCUT2D eigenvalue weighted by Crippen LogP contribution is 1.96. The van der Waals surface area contributed by atoms with Crippen molar-refractivity contribution in [3.05, 3.63) is 41.7 Å². The molecular weight excluding hydrogens is 130 g/mol. The second-order valence-electron chi connectivity index (χ2n) is 1.43. The molecule has 0 radical (unpaired) electrons. The van der Waals surface area contributed by atoms with Gasteiger partial charge in [-0.1, -0.05) is 12.7 Å². The van der Waals surface area contributed by atoms with E-state index in [-0.39, 0.29) is 0 Å². The van der Waals surface area contributed by atoms with Crippen molar-refractivity contribution in [2.75, 3.05) is 7.11 Å². The molecular formula is C7H9NO2. The Labute approximate surface area is 59.7 Å². The van der Waals surface area contributed by atoms with Crippen LogP contribution < -0.4 is 0 Å². The summed E-state index contributed by atoms with van der Waals surface area (Å²) in [5.74, 6) is 0.551. The summed E-state index contributed by atoms with van der Waals surface area (Å²) in [5.41, 5.74) is 0. The number of hydrogen-bond donors (Lipinski definition) is 0. The van der Waals surface area contributed by atoms with Crippen molar-refractivity contribution in [3.63, 3.8) is 0 Å². The van der Waals surface area contributed by atoms with Gasteiger partial charge in [0.2, 0.25) is 0 Å². The maximum atomic E-state index is 9.58. The number of nitrogens with zero attached hydrogens (tertiary/aromatic N) is 1. The minimum absolute atomic E-state index is 0.551. The Morgan fingerprint density at radius 3 is 2.80 bits per heavy atom. The van der Waals surface area contributed by atoms with Gasteiger partial charge in [0.1, 0.15) is 5.76 Å². The van der Waals surface area contributed by atoms with Crippen molar-refractivity contribution >= 4 is 0 Å². The fourth-order valence-electron chi connectivity index (χ4n) is 0.412. The van der Waals surface area contributed by atoms with Crippen LogP contribution in [0.25, 0.3) is 0 Å². The van der Waals surface area contributed by atoms with E-state index in [4.69, 9.17) is 4.74 Å². The van der Waals surface area contributed by atoms with E-state index in [0.29, 0.717) is 5.76 Å². The standard InChI is InChI=1S/C7H9NO2/c1-3-4-7(10-2)5-6-8-9/h3-6H,1H2,2H3/b6-5-,7-4+. The molecule has 0 spiro atoms. The van der Waals surface area contributed by atoms with Crippen molar-refractivity contribution in [1.29, 1.82) is 0 Å². The van der Waals surface area contributed by atoms with Crippen LogP contribution in [0.1, 0.15) is 0 Å². The summed E-state index contributed by atoms with van der Waals surface area (Å²) in [5, 5.41) is 2.52. The van der Waals surface area contributed by atoms with E-state index in [1.165, 1.54) is 13.2 Å². The molecule has 0 aliphatic carbocycles. The first kappa shape index (κ1) is 8.62. The van der Waals surface area contributed by atoms with Crippen LogP contribution in [0, 0.1) is 4.91 Å². The van der Waals surface area contributed by atoms with E-state index in [1.807, 2.05) is 0 Å². The molecule has 0 aromatic rings. The van der Waals surface area contributed by atoms with E-state index in [2.05, 4.69) is 11.8 Å². The maximum absolute atomic E-state index is 9.58. The van der Waals surface area contributed by atoms with Crippen LogP contribution in [-0.4, -0.2) is 7.11 Å². The van der Waals surface area contributed by atoms with Gasteiger partial charge >= 0.3 is 0 Å². The Balaban J connectivity index is 4.06. The van der Waals surface area contributed by atoms with Gasteiger partial charge in [0, 0.05) is 6.08 Å². The molecule has 0 heterocycles. The van der Waals surface area contributed by atoms with Gasteiger partial charge in [-0.25, -0.2) is 0 Å². The summed E-state index contributed by atoms with van der Waals surface area (Å²) < 4.78 is 4.80. The fourth-order valence-corrected chi connectivity index (χ4v) is 0.412. The molecule has 0 unspecified atom stereocenters. The number of methoxy groups -OCH3 is 1. The third kappa shape index (κ3) is 3.60. The molecule has 0 N–H and O–H groups in total. The van der Waals surface area contributed by atoms with Gasteiger partial charge in [0.25, 0.3) is 0 Å². The lowest BCUT2D eigenvalue weighted by molar-refractivity contribution is 0.307. The summed E-state index contributed by atoms with van der Waals surface area (Å²) >= 11 is 0. The highest BCUT2D eigenvalue weighted by Gasteiger charge is 1.83. The van der Waals surface area contributed by atoms with Crippen LogP contribution in [0.5, 0.6) is 0 Å². The molecule has 3 nitrogen and oxygen atoms in total. The van der Waals surface area contributed by atoms with E-state index in [0.717, 1.165) is 6.20 Å². The third-order valence-electron chi connectivity index (χ3n) is 0.817. The molecule has 0 aliphatic heterocycles. The highest BCUT2D eigenvalue weighted by atomic mass is 16.5. The van der Waals surface area contributed by atoms with E-state index >= 15 is 0 Å². The van der Waals surface area contributed by atoms with Crippen LogP contribution in [0.3, 0.4) is 0 Å². The fraction of sp³-hybridized carbons (Fsp3) is 0.143. The zero-order valence-corrected chi connectivity index (χ0v) is 5.78. The van der Waals surface area contributed by atoms with E-state index < -0.39 is 0 Å². The van der Waals surface area contributed by atoms with Gasteiger partial charge in [-0.3, -0.25) is 0 Å². The number of allylic oxidation sites excluding steroid dienone is 3. The Hall–Kier alpha value is -1.38. The lowest BCUT2D eigenvalue weighted by Gasteiger charge is -1.94. The second kappa shape index (κ2) is 5.75.